The molecule has 2 N–H and O–H groups in total. The smallest absolute Gasteiger partial charge is 0.227 e. The fourth-order valence-electron chi connectivity index (χ4n) is 3.79. The maximum absolute atomic E-state index is 12.7. The molecule has 1 saturated carbocycles. The molecule has 1 aliphatic heterocycles. The fraction of sp³-hybridized carbons (Fsp3) is 0.625. The third-order valence-electron chi connectivity index (χ3n) is 4.95. The molecule has 6 heteroatoms. The van der Waals surface area contributed by atoms with Crippen molar-refractivity contribution in [3.8, 4) is 0 Å². The van der Waals surface area contributed by atoms with E-state index < -0.39 is 12.2 Å². The Morgan fingerprint density at radius 3 is 2.68 bits per heavy atom. The van der Waals surface area contributed by atoms with Gasteiger partial charge < -0.3 is 15.1 Å². The SMILES string of the molecule is O=C(Cc1ccc(Cl)nc1)N1C[C@@H](O)[C@@H](O)CC12CCCC2. The lowest BCUT2D eigenvalue weighted by molar-refractivity contribution is -0.152. The molecule has 5 nitrogen and oxygen atoms in total. The van der Waals surface area contributed by atoms with Gasteiger partial charge in [-0.2, -0.15) is 0 Å². The van der Waals surface area contributed by atoms with Crippen LogP contribution in [0.1, 0.15) is 37.7 Å². The second-order valence-corrected chi connectivity index (χ2v) is 6.83. The molecular formula is C16H21ClN2O3. The lowest BCUT2D eigenvalue weighted by Crippen LogP contribution is -2.61. The number of hydrogen-bond acceptors (Lipinski definition) is 4. The van der Waals surface area contributed by atoms with Gasteiger partial charge in [0.25, 0.3) is 0 Å². The highest BCUT2D eigenvalue weighted by Gasteiger charge is 2.48. The quantitative estimate of drug-likeness (QED) is 0.809. The lowest BCUT2D eigenvalue weighted by Gasteiger charge is -2.48. The molecule has 1 spiro atoms. The van der Waals surface area contributed by atoms with Crippen LogP contribution in [0.3, 0.4) is 0 Å². The first-order valence-electron chi connectivity index (χ1n) is 7.77. The summed E-state index contributed by atoms with van der Waals surface area (Å²) in [5, 5.41) is 20.4. The van der Waals surface area contributed by atoms with Crippen molar-refractivity contribution in [1.29, 1.82) is 0 Å². The van der Waals surface area contributed by atoms with E-state index in [2.05, 4.69) is 4.98 Å². The summed E-state index contributed by atoms with van der Waals surface area (Å²) in [4.78, 5) is 18.5. The Morgan fingerprint density at radius 2 is 2.05 bits per heavy atom. The summed E-state index contributed by atoms with van der Waals surface area (Å²) in [5.41, 5.74) is 0.526. The van der Waals surface area contributed by atoms with Crippen molar-refractivity contribution in [2.45, 2.75) is 56.3 Å². The standard InChI is InChI=1S/C16H21ClN2O3/c17-14-4-3-11(9-18-14)7-15(22)19-10-13(21)12(20)8-16(19)5-1-2-6-16/h3-4,9,12-13,20-21H,1-2,5-8,10H2/t12-,13+/m0/s1. The zero-order valence-corrected chi connectivity index (χ0v) is 13.2. The number of carbonyl (C=O) groups excluding carboxylic acids is 1. The van der Waals surface area contributed by atoms with E-state index in [9.17, 15) is 15.0 Å². The van der Waals surface area contributed by atoms with Crippen LogP contribution >= 0.6 is 11.6 Å². The van der Waals surface area contributed by atoms with Crippen molar-refractivity contribution in [1.82, 2.24) is 9.88 Å². The van der Waals surface area contributed by atoms with Crippen molar-refractivity contribution < 1.29 is 15.0 Å². The zero-order valence-electron chi connectivity index (χ0n) is 12.4. The fourth-order valence-corrected chi connectivity index (χ4v) is 3.90. The van der Waals surface area contributed by atoms with Crippen LogP contribution in [0.25, 0.3) is 0 Å². The number of likely N-dealkylation sites (tertiary alicyclic amines) is 1. The normalized spacial score (nSPS) is 27.3. The minimum Gasteiger partial charge on any atom is -0.390 e. The van der Waals surface area contributed by atoms with Crippen molar-refractivity contribution in [3.05, 3.63) is 29.0 Å². The molecule has 0 unspecified atom stereocenters. The van der Waals surface area contributed by atoms with Gasteiger partial charge in [-0.15, -0.1) is 0 Å². The number of hydrogen-bond donors (Lipinski definition) is 2. The molecule has 120 valence electrons. The van der Waals surface area contributed by atoms with Gasteiger partial charge in [-0.3, -0.25) is 4.79 Å². The van der Waals surface area contributed by atoms with Gasteiger partial charge in [0, 0.05) is 18.3 Å². The summed E-state index contributed by atoms with van der Waals surface area (Å²) in [6, 6.07) is 3.47. The molecule has 2 atom stereocenters. The van der Waals surface area contributed by atoms with Crippen molar-refractivity contribution in [3.63, 3.8) is 0 Å². The highest BCUT2D eigenvalue weighted by molar-refractivity contribution is 6.29. The zero-order chi connectivity index (χ0) is 15.7. The molecule has 3 rings (SSSR count). The predicted octanol–water partition coefficient (Wildman–Crippen LogP) is 1.54. The van der Waals surface area contributed by atoms with Crippen LogP contribution in [0, 0.1) is 0 Å². The number of halogens is 1. The Kier molecular flexibility index (Phi) is 4.39. The number of pyridine rings is 1. The van der Waals surface area contributed by atoms with Crippen LogP contribution in [-0.2, 0) is 11.2 Å². The minimum atomic E-state index is -0.862. The molecule has 0 bridgehead atoms. The number of rotatable bonds is 2. The summed E-state index contributed by atoms with van der Waals surface area (Å²) in [6.07, 6.45) is 4.66. The van der Waals surface area contributed by atoms with Crippen LogP contribution in [0.2, 0.25) is 5.15 Å². The highest BCUT2D eigenvalue weighted by atomic mass is 35.5. The van der Waals surface area contributed by atoms with E-state index in [1.54, 1.807) is 23.2 Å². The van der Waals surface area contributed by atoms with E-state index in [0.717, 1.165) is 31.2 Å². The second kappa shape index (κ2) is 6.14. The first kappa shape index (κ1) is 15.7. The Balaban J connectivity index is 1.78. The number of carbonyl (C=O) groups is 1. The summed E-state index contributed by atoms with van der Waals surface area (Å²) in [7, 11) is 0. The van der Waals surface area contributed by atoms with Gasteiger partial charge in [0.1, 0.15) is 5.15 Å². The van der Waals surface area contributed by atoms with E-state index in [0.29, 0.717) is 11.6 Å². The van der Waals surface area contributed by atoms with Gasteiger partial charge in [0.2, 0.25) is 5.91 Å². The van der Waals surface area contributed by atoms with E-state index >= 15 is 0 Å². The number of β-amino-alcohol motifs (C(OH)–C–C–N with tert-alkyl or cyclic N) is 1. The Labute approximate surface area is 134 Å². The number of aliphatic hydroxyl groups excluding tert-OH is 2. The largest absolute Gasteiger partial charge is 0.390 e. The number of piperidine rings is 1. The average Bonchev–Trinajstić information content (AvgIpc) is 2.94. The third-order valence-corrected chi connectivity index (χ3v) is 5.18. The first-order valence-corrected chi connectivity index (χ1v) is 8.15. The maximum Gasteiger partial charge on any atom is 0.227 e. The van der Waals surface area contributed by atoms with Crippen molar-refractivity contribution >= 4 is 17.5 Å². The maximum atomic E-state index is 12.7. The number of nitrogens with zero attached hydrogens (tertiary/aromatic N) is 2. The molecule has 2 aliphatic rings. The Morgan fingerprint density at radius 1 is 1.32 bits per heavy atom. The number of amides is 1. The topological polar surface area (TPSA) is 73.7 Å². The summed E-state index contributed by atoms with van der Waals surface area (Å²) < 4.78 is 0. The summed E-state index contributed by atoms with van der Waals surface area (Å²) >= 11 is 5.76. The Bertz CT molecular complexity index is 543. The molecule has 1 aromatic rings. The molecule has 0 aromatic carbocycles. The molecule has 22 heavy (non-hydrogen) atoms. The van der Waals surface area contributed by atoms with E-state index in [1.807, 2.05) is 0 Å². The second-order valence-electron chi connectivity index (χ2n) is 6.44. The van der Waals surface area contributed by atoms with Gasteiger partial charge in [-0.25, -0.2) is 4.98 Å². The van der Waals surface area contributed by atoms with Gasteiger partial charge in [-0.05, 0) is 30.9 Å². The highest BCUT2D eigenvalue weighted by Crippen LogP contribution is 2.42. The van der Waals surface area contributed by atoms with Crippen LogP contribution < -0.4 is 0 Å². The van der Waals surface area contributed by atoms with Crippen molar-refractivity contribution in [2.24, 2.45) is 0 Å². The van der Waals surface area contributed by atoms with Crippen LogP contribution in [-0.4, -0.2) is 50.3 Å². The van der Waals surface area contributed by atoms with Gasteiger partial charge in [-0.1, -0.05) is 30.5 Å². The van der Waals surface area contributed by atoms with E-state index in [1.165, 1.54) is 0 Å². The molecule has 1 amide bonds. The summed E-state index contributed by atoms with van der Waals surface area (Å²) in [5.74, 6) is -0.0167. The molecule has 1 aromatic heterocycles. The molecule has 0 radical (unpaired) electrons. The molecular weight excluding hydrogens is 304 g/mol. The van der Waals surface area contributed by atoms with Gasteiger partial charge in [0.05, 0.1) is 18.6 Å². The lowest BCUT2D eigenvalue weighted by atomic mass is 9.82. The molecule has 1 aliphatic carbocycles. The van der Waals surface area contributed by atoms with Crippen LogP contribution in [0.15, 0.2) is 18.3 Å². The number of aromatic nitrogens is 1. The number of aliphatic hydroxyl groups is 2. The van der Waals surface area contributed by atoms with Crippen LogP contribution in [0.4, 0.5) is 0 Å². The van der Waals surface area contributed by atoms with Crippen LogP contribution in [0.5, 0.6) is 0 Å². The summed E-state index contributed by atoms with van der Waals surface area (Å²) in [6.45, 7) is 0.209. The van der Waals surface area contributed by atoms with Gasteiger partial charge >= 0.3 is 0 Å². The van der Waals surface area contributed by atoms with E-state index in [-0.39, 0.29) is 24.4 Å². The van der Waals surface area contributed by atoms with E-state index in [4.69, 9.17) is 11.6 Å². The predicted molar refractivity (Wildman–Crippen MR) is 82.5 cm³/mol. The van der Waals surface area contributed by atoms with Gasteiger partial charge in [0.15, 0.2) is 0 Å². The third kappa shape index (κ3) is 2.98. The molecule has 2 heterocycles. The molecule has 1 saturated heterocycles. The average molecular weight is 325 g/mol. The monoisotopic (exact) mass is 324 g/mol. The van der Waals surface area contributed by atoms with Crippen molar-refractivity contribution in [2.75, 3.05) is 6.54 Å². The minimum absolute atomic E-state index is 0.0167. The molecule has 2 fully saturated rings. The Hall–Kier alpha value is -1.17. The first-order chi connectivity index (χ1) is 10.5.